The van der Waals surface area contributed by atoms with Crippen LogP contribution in [0, 0.1) is 0 Å². The van der Waals surface area contributed by atoms with Crippen molar-refractivity contribution in [1.82, 2.24) is 10.3 Å². The van der Waals surface area contributed by atoms with Gasteiger partial charge in [0.1, 0.15) is 18.1 Å². The zero-order chi connectivity index (χ0) is 13.9. The van der Waals surface area contributed by atoms with Gasteiger partial charge in [-0.05, 0) is 23.8 Å². The molecule has 0 fully saturated rings. The predicted octanol–water partition coefficient (Wildman–Crippen LogP) is 2.02. The molecule has 0 bridgehead atoms. The maximum Gasteiger partial charge on any atom is 0.213 e. The number of aromatic nitrogens is 1. The number of aromatic hydroxyl groups is 1. The van der Waals surface area contributed by atoms with Crippen LogP contribution in [0.25, 0.3) is 0 Å². The van der Waals surface area contributed by atoms with Crippen LogP contribution in [-0.2, 0) is 6.54 Å². The average Bonchev–Trinajstić information content (AvgIpc) is 2.87. The molecule has 2 N–H and O–H groups in total. The Bertz CT molecular complexity index is 616. The van der Waals surface area contributed by atoms with Gasteiger partial charge in [-0.2, -0.15) is 0 Å². The number of phenols is 1. The van der Waals surface area contributed by atoms with Crippen molar-refractivity contribution < 1.29 is 14.6 Å². The summed E-state index contributed by atoms with van der Waals surface area (Å²) in [6, 6.07) is 9.20. The molecule has 0 saturated carbocycles. The second kappa shape index (κ2) is 5.38. The molecule has 1 aromatic carbocycles. The fourth-order valence-corrected chi connectivity index (χ4v) is 2.28. The van der Waals surface area contributed by atoms with Crippen LogP contribution in [0.5, 0.6) is 17.4 Å². The highest BCUT2D eigenvalue weighted by atomic mass is 16.5. The van der Waals surface area contributed by atoms with Crippen molar-refractivity contribution in [1.29, 1.82) is 0 Å². The molecule has 0 spiro atoms. The van der Waals surface area contributed by atoms with Crippen molar-refractivity contribution in [3.63, 3.8) is 0 Å². The second-order valence-corrected chi connectivity index (χ2v) is 4.67. The Morgan fingerprint density at radius 2 is 2.30 bits per heavy atom. The lowest BCUT2D eigenvalue weighted by Gasteiger charge is -2.12. The smallest absolute Gasteiger partial charge is 0.213 e. The van der Waals surface area contributed by atoms with Gasteiger partial charge in [-0.1, -0.05) is 0 Å². The lowest BCUT2D eigenvalue weighted by Crippen LogP contribution is -2.22. The van der Waals surface area contributed by atoms with E-state index >= 15 is 0 Å². The minimum Gasteiger partial charge on any atom is -0.508 e. The summed E-state index contributed by atoms with van der Waals surface area (Å²) in [7, 11) is 1.60. The SMILES string of the molecule is COc1cc(CNC2COc3cc(O)ccc32)ccn1. The molecule has 0 aliphatic carbocycles. The first-order chi connectivity index (χ1) is 9.76. The minimum absolute atomic E-state index is 0.129. The molecule has 5 heteroatoms. The van der Waals surface area contributed by atoms with E-state index in [1.807, 2.05) is 18.2 Å². The summed E-state index contributed by atoms with van der Waals surface area (Å²) in [6.07, 6.45) is 1.73. The molecule has 1 aliphatic heterocycles. The fourth-order valence-electron chi connectivity index (χ4n) is 2.28. The monoisotopic (exact) mass is 272 g/mol. The third kappa shape index (κ3) is 2.53. The molecule has 1 aromatic heterocycles. The first-order valence-corrected chi connectivity index (χ1v) is 6.44. The first kappa shape index (κ1) is 12.7. The standard InChI is InChI=1S/C15H16N2O3/c1-19-15-6-10(4-5-16-15)8-17-13-9-20-14-7-11(18)2-3-12(13)14/h2-7,13,17-18H,8-9H2,1H3. The van der Waals surface area contributed by atoms with E-state index in [1.54, 1.807) is 25.4 Å². The summed E-state index contributed by atoms with van der Waals surface area (Å²) in [5.74, 6) is 1.58. The van der Waals surface area contributed by atoms with Gasteiger partial charge in [0.25, 0.3) is 0 Å². The fraction of sp³-hybridized carbons (Fsp3) is 0.267. The second-order valence-electron chi connectivity index (χ2n) is 4.67. The van der Waals surface area contributed by atoms with E-state index in [9.17, 15) is 5.11 Å². The van der Waals surface area contributed by atoms with Crippen molar-refractivity contribution in [3.05, 3.63) is 47.7 Å². The van der Waals surface area contributed by atoms with E-state index in [1.165, 1.54) is 0 Å². The quantitative estimate of drug-likeness (QED) is 0.891. The summed E-state index contributed by atoms with van der Waals surface area (Å²) >= 11 is 0. The number of ether oxygens (including phenoxy) is 2. The van der Waals surface area contributed by atoms with E-state index in [4.69, 9.17) is 9.47 Å². The zero-order valence-electron chi connectivity index (χ0n) is 11.2. The molecule has 1 aliphatic rings. The molecule has 3 rings (SSSR count). The van der Waals surface area contributed by atoms with E-state index in [0.717, 1.165) is 16.9 Å². The lowest BCUT2D eigenvalue weighted by molar-refractivity contribution is 0.309. The van der Waals surface area contributed by atoms with Crippen LogP contribution in [0.4, 0.5) is 0 Å². The number of nitrogens with zero attached hydrogens (tertiary/aromatic N) is 1. The van der Waals surface area contributed by atoms with Gasteiger partial charge >= 0.3 is 0 Å². The predicted molar refractivity (Wildman–Crippen MR) is 74.0 cm³/mol. The number of benzene rings is 1. The molecular weight excluding hydrogens is 256 g/mol. The molecular formula is C15H16N2O3. The number of methoxy groups -OCH3 is 1. The van der Waals surface area contributed by atoms with Crippen molar-refractivity contribution in [3.8, 4) is 17.4 Å². The number of nitrogens with one attached hydrogen (secondary N) is 1. The van der Waals surface area contributed by atoms with Gasteiger partial charge in [-0.15, -0.1) is 0 Å². The van der Waals surface area contributed by atoms with Crippen molar-refractivity contribution in [2.75, 3.05) is 13.7 Å². The summed E-state index contributed by atoms with van der Waals surface area (Å²) < 4.78 is 10.7. The van der Waals surface area contributed by atoms with Crippen LogP contribution in [0.1, 0.15) is 17.2 Å². The molecule has 2 aromatic rings. The van der Waals surface area contributed by atoms with Crippen LogP contribution in [-0.4, -0.2) is 23.8 Å². The molecule has 1 unspecified atom stereocenters. The Morgan fingerprint density at radius 1 is 1.40 bits per heavy atom. The summed E-state index contributed by atoms with van der Waals surface area (Å²) in [5.41, 5.74) is 2.17. The maximum atomic E-state index is 9.43. The van der Waals surface area contributed by atoms with E-state index in [2.05, 4.69) is 10.3 Å². The van der Waals surface area contributed by atoms with Crippen LogP contribution in [0.2, 0.25) is 0 Å². The van der Waals surface area contributed by atoms with Gasteiger partial charge < -0.3 is 19.9 Å². The Morgan fingerprint density at radius 3 is 3.15 bits per heavy atom. The number of fused-ring (bicyclic) bond motifs is 1. The topological polar surface area (TPSA) is 63.6 Å². The van der Waals surface area contributed by atoms with E-state index < -0.39 is 0 Å². The molecule has 5 nitrogen and oxygen atoms in total. The highest BCUT2D eigenvalue weighted by Gasteiger charge is 2.23. The maximum absolute atomic E-state index is 9.43. The average molecular weight is 272 g/mol. The molecule has 20 heavy (non-hydrogen) atoms. The molecule has 1 atom stereocenters. The lowest BCUT2D eigenvalue weighted by atomic mass is 10.1. The van der Waals surface area contributed by atoms with Crippen molar-refractivity contribution >= 4 is 0 Å². The molecule has 104 valence electrons. The van der Waals surface area contributed by atoms with Crippen molar-refractivity contribution in [2.24, 2.45) is 0 Å². The molecule has 2 heterocycles. The Kier molecular flexibility index (Phi) is 3.43. The highest BCUT2D eigenvalue weighted by Crippen LogP contribution is 2.34. The Balaban J connectivity index is 1.68. The Hall–Kier alpha value is -2.27. The number of phenolic OH excluding ortho intramolecular Hbond substituents is 1. The van der Waals surface area contributed by atoms with Gasteiger partial charge in [0, 0.05) is 30.4 Å². The van der Waals surface area contributed by atoms with Gasteiger partial charge in [0.2, 0.25) is 5.88 Å². The molecule has 0 amide bonds. The third-order valence-electron chi connectivity index (χ3n) is 3.34. The van der Waals surface area contributed by atoms with Crippen LogP contribution < -0.4 is 14.8 Å². The van der Waals surface area contributed by atoms with E-state index in [0.29, 0.717) is 19.0 Å². The molecule has 0 radical (unpaired) electrons. The summed E-state index contributed by atoms with van der Waals surface area (Å²) in [4.78, 5) is 4.08. The number of rotatable bonds is 4. The largest absolute Gasteiger partial charge is 0.508 e. The molecule has 0 saturated heterocycles. The summed E-state index contributed by atoms with van der Waals surface area (Å²) in [5, 5.41) is 12.9. The number of hydrogen-bond donors (Lipinski definition) is 2. The first-order valence-electron chi connectivity index (χ1n) is 6.44. The van der Waals surface area contributed by atoms with Crippen molar-refractivity contribution in [2.45, 2.75) is 12.6 Å². The normalized spacial score (nSPS) is 16.6. The van der Waals surface area contributed by atoms with Crippen LogP contribution >= 0.6 is 0 Å². The Labute approximate surface area is 117 Å². The third-order valence-corrected chi connectivity index (χ3v) is 3.34. The van der Waals surface area contributed by atoms with Gasteiger partial charge in [-0.3, -0.25) is 0 Å². The summed E-state index contributed by atoms with van der Waals surface area (Å²) in [6.45, 7) is 1.27. The highest BCUT2D eigenvalue weighted by molar-refractivity contribution is 5.44. The van der Waals surface area contributed by atoms with E-state index in [-0.39, 0.29) is 11.8 Å². The number of pyridine rings is 1. The minimum atomic E-state index is 0.129. The van der Waals surface area contributed by atoms with Gasteiger partial charge in [0.05, 0.1) is 13.2 Å². The van der Waals surface area contributed by atoms with Gasteiger partial charge in [-0.25, -0.2) is 4.98 Å². The van der Waals surface area contributed by atoms with Gasteiger partial charge in [0.15, 0.2) is 0 Å². The van der Waals surface area contributed by atoms with Crippen LogP contribution in [0.15, 0.2) is 36.5 Å². The van der Waals surface area contributed by atoms with Crippen LogP contribution in [0.3, 0.4) is 0 Å². The number of hydrogen-bond acceptors (Lipinski definition) is 5. The zero-order valence-corrected chi connectivity index (χ0v) is 11.2.